The molecule has 0 fully saturated rings. The van der Waals surface area contributed by atoms with E-state index in [0.29, 0.717) is 18.0 Å². The minimum absolute atomic E-state index is 0.309. The van der Waals surface area contributed by atoms with E-state index in [-0.39, 0.29) is 6.10 Å². The maximum atomic E-state index is 9.11. The summed E-state index contributed by atoms with van der Waals surface area (Å²) in [5.74, 6) is 1.42. The second-order valence-electron chi connectivity index (χ2n) is 4.54. The third-order valence-electron chi connectivity index (χ3n) is 2.74. The molecule has 0 bridgehead atoms. The van der Waals surface area contributed by atoms with Gasteiger partial charge in [0.25, 0.3) is 0 Å². The maximum Gasteiger partial charge on any atom is 0.174 e. The molecule has 114 valence electrons. The Morgan fingerprint density at radius 2 is 1.90 bits per heavy atom. The number of hydrogen-bond donors (Lipinski definition) is 3. The molecule has 1 aromatic rings. The lowest BCUT2D eigenvalue weighted by Crippen LogP contribution is -2.31. The van der Waals surface area contributed by atoms with Crippen molar-refractivity contribution in [2.24, 2.45) is 0 Å². The van der Waals surface area contributed by atoms with Crippen molar-refractivity contribution in [3.8, 4) is 11.5 Å². The summed E-state index contributed by atoms with van der Waals surface area (Å²) < 4.78 is 11.5. The minimum Gasteiger partial charge on any atom is -0.493 e. The zero-order valence-electron chi connectivity index (χ0n) is 12.2. The fourth-order valence-electron chi connectivity index (χ4n) is 1.79. The summed E-state index contributed by atoms with van der Waals surface area (Å²) >= 11 is 3.48. The second kappa shape index (κ2) is 9.18. The molecule has 0 saturated carbocycles. The predicted octanol–water partition coefficient (Wildman–Crippen LogP) is 1.53. The first kappa shape index (κ1) is 17.2. The average Bonchev–Trinajstić information content (AvgIpc) is 2.41. The second-order valence-corrected chi connectivity index (χ2v) is 5.40. The lowest BCUT2D eigenvalue weighted by atomic mass is 10.2. The number of methoxy groups -OCH3 is 2. The van der Waals surface area contributed by atoms with Gasteiger partial charge in [0.1, 0.15) is 0 Å². The van der Waals surface area contributed by atoms with Crippen LogP contribution in [0.25, 0.3) is 0 Å². The Morgan fingerprint density at radius 3 is 2.50 bits per heavy atom. The van der Waals surface area contributed by atoms with Gasteiger partial charge in [-0.05, 0) is 40.5 Å². The SMILES string of the molecule is COc1cc(CNCCNC[C@H](C)O)cc(Br)c1OC. The van der Waals surface area contributed by atoms with E-state index >= 15 is 0 Å². The van der Waals surface area contributed by atoms with Crippen molar-refractivity contribution in [2.45, 2.75) is 19.6 Å². The highest BCUT2D eigenvalue weighted by Crippen LogP contribution is 2.36. The van der Waals surface area contributed by atoms with Crippen LogP contribution in [0.3, 0.4) is 0 Å². The molecule has 20 heavy (non-hydrogen) atoms. The number of hydrogen-bond acceptors (Lipinski definition) is 5. The van der Waals surface area contributed by atoms with Gasteiger partial charge >= 0.3 is 0 Å². The van der Waals surface area contributed by atoms with E-state index < -0.39 is 0 Å². The van der Waals surface area contributed by atoms with Crippen LogP contribution in [0.1, 0.15) is 12.5 Å². The predicted molar refractivity (Wildman–Crippen MR) is 83.5 cm³/mol. The first-order chi connectivity index (χ1) is 9.58. The molecule has 0 spiro atoms. The molecule has 1 atom stereocenters. The summed E-state index contributed by atoms with van der Waals surface area (Å²) in [6.45, 7) is 4.78. The van der Waals surface area contributed by atoms with E-state index in [2.05, 4.69) is 26.6 Å². The molecule has 1 rings (SSSR count). The molecule has 0 unspecified atom stereocenters. The molecule has 0 aliphatic rings. The third kappa shape index (κ3) is 5.66. The molecule has 0 saturated heterocycles. The van der Waals surface area contributed by atoms with E-state index in [1.807, 2.05) is 12.1 Å². The smallest absolute Gasteiger partial charge is 0.174 e. The van der Waals surface area contributed by atoms with E-state index in [1.54, 1.807) is 21.1 Å². The van der Waals surface area contributed by atoms with Gasteiger partial charge in [-0.15, -0.1) is 0 Å². The zero-order valence-corrected chi connectivity index (χ0v) is 13.8. The quantitative estimate of drug-likeness (QED) is 0.592. The van der Waals surface area contributed by atoms with Crippen LogP contribution in [0.5, 0.6) is 11.5 Å². The molecule has 0 aliphatic carbocycles. The average molecular weight is 347 g/mol. The molecule has 6 heteroatoms. The normalized spacial score (nSPS) is 12.2. The number of nitrogens with one attached hydrogen (secondary N) is 2. The molecule has 3 N–H and O–H groups in total. The summed E-state index contributed by atoms with van der Waals surface area (Å²) in [7, 11) is 3.25. The Hall–Kier alpha value is -0.820. The summed E-state index contributed by atoms with van der Waals surface area (Å²) in [6.07, 6.45) is -0.309. The van der Waals surface area contributed by atoms with Crippen LogP contribution >= 0.6 is 15.9 Å². The summed E-state index contributed by atoms with van der Waals surface area (Å²) in [5, 5.41) is 15.6. The van der Waals surface area contributed by atoms with E-state index in [1.165, 1.54) is 0 Å². The van der Waals surface area contributed by atoms with Gasteiger partial charge in [-0.1, -0.05) is 0 Å². The molecule has 0 heterocycles. The van der Waals surface area contributed by atoms with Crippen LogP contribution in [0.2, 0.25) is 0 Å². The first-order valence-corrected chi connectivity index (χ1v) is 7.37. The summed E-state index contributed by atoms with van der Waals surface area (Å²) in [5.41, 5.74) is 1.12. The van der Waals surface area contributed by atoms with Gasteiger partial charge in [-0.25, -0.2) is 0 Å². The van der Waals surface area contributed by atoms with Crippen LogP contribution in [-0.2, 0) is 6.54 Å². The highest BCUT2D eigenvalue weighted by Gasteiger charge is 2.10. The van der Waals surface area contributed by atoms with Gasteiger partial charge in [-0.3, -0.25) is 0 Å². The van der Waals surface area contributed by atoms with Crippen LogP contribution < -0.4 is 20.1 Å². The summed E-state index contributed by atoms with van der Waals surface area (Å²) in [6, 6.07) is 3.97. The fourth-order valence-corrected chi connectivity index (χ4v) is 2.45. The molecule has 5 nitrogen and oxygen atoms in total. The van der Waals surface area contributed by atoms with Gasteiger partial charge in [0.15, 0.2) is 11.5 Å². The van der Waals surface area contributed by atoms with E-state index in [0.717, 1.165) is 29.7 Å². The Balaban J connectivity index is 2.42. The van der Waals surface area contributed by atoms with Crippen molar-refractivity contribution in [1.82, 2.24) is 10.6 Å². The minimum atomic E-state index is -0.309. The van der Waals surface area contributed by atoms with E-state index in [9.17, 15) is 0 Å². The summed E-state index contributed by atoms with van der Waals surface area (Å²) in [4.78, 5) is 0. The van der Waals surface area contributed by atoms with Crippen molar-refractivity contribution >= 4 is 15.9 Å². The number of halogens is 1. The van der Waals surface area contributed by atoms with Gasteiger partial charge in [0.2, 0.25) is 0 Å². The monoisotopic (exact) mass is 346 g/mol. The van der Waals surface area contributed by atoms with Crippen molar-refractivity contribution in [2.75, 3.05) is 33.9 Å². The van der Waals surface area contributed by atoms with Gasteiger partial charge in [0.05, 0.1) is 24.8 Å². The third-order valence-corrected chi connectivity index (χ3v) is 3.33. The Labute approximate surface area is 128 Å². The molecule has 0 aromatic heterocycles. The fraction of sp³-hybridized carbons (Fsp3) is 0.571. The lowest BCUT2D eigenvalue weighted by molar-refractivity contribution is 0.191. The number of rotatable bonds is 9. The molecular weight excluding hydrogens is 324 g/mol. The zero-order chi connectivity index (χ0) is 15.0. The molecule has 1 aromatic carbocycles. The van der Waals surface area contributed by atoms with Crippen LogP contribution in [-0.4, -0.2) is 45.1 Å². The standard InChI is InChI=1S/C14H23BrN2O3/c1-10(18)8-16-4-5-17-9-11-6-12(15)14(20-3)13(7-11)19-2/h6-7,10,16-18H,4-5,8-9H2,1-3H3/t10-/m0/s1. The van der Waals surface area contributed by atoms with E-state index in [4.69, 9.17) is 14.6 Å². The lowest BCUT2D eigenvalue weighted by Gasteiger charge is -2.13. The molecular formula is C14H23BrN2O3. The Morgan fingerprint density at radius 1 is 1.20 bits per heavy atom. The molecule has 0 aliphatic heterocycles. The van der Waals surface area contributed by atoms with Crippen molar-refractivity contribution in [3.05, 3.63) is 22.2 Å². The molecule has 0 radical (unpaired) electrons. The van der Waals surface area contributed by atoms with Crippen molar-refractivity contribution in [3.63, 3.8) is 0 Å². The Kier molecular flexibility index (Phi) is 7.91. The highest BCUT2D eigenvalue weighted by atomic mass is 79.9. The number of benzene rings is 1. The van der Waals surface area contributed by atoms with Crippen LogP contribution in [0.4, 0.5) is 0 Å². The van der Waals surface area contributed by atoms with Crippen molar-refractivity contribution in [1.29, 1.82) is 0 Å². The Bertz CT molecular complexity index is 414. The van der Waals surface area contributed by atoms with Gasteiger partial charge in [0, 0.05) is 26.2 Å². The van der Waals surface area contributed by atoms with Gasteiger partial charge in [-0.2, -0.15) is 0 Å². The highest BCUT2D eigenvalue weighted by molar-refractivity contribution is 9.10. The van der Waals surface area contributed by atoms with Gasteiger partial charge < -0.3 is 25.2 Å². The van der Waals surface area contributed by atoms with Crippen LogP contribution in [0, 0.1) is 0 Å². The maximum absolute atomic E-state index is 9.11. The van der Waals surface area contributed by atoms with Crippen LogP contribution in [0.15, 0.2) is 16.6 Å². The first-order valence-electron chi connectivity index (χ1n) is 6.58. The topological polar surface area (TPSA) is 62.8 Å². The van der Waals surface area contributed by atoms with Crippen molar-refractivity contribution < 1.29 is 14.6 Å². The number of ether oxygens (including phenoxy) is 2. The molecule has 0 amide bonds. The largest absolute Gasteiger partial charge is 0.493 e. The number of aliphatic hydroxyl groups is 1. The number of aliphatic hydroxyl groups excluding tert-OH is 1.